The van der Waals surface area contributed by atoms with Crippen LogP contribution in [0.3, 0.4) is 0 Å². The molecular weight excluding hydrogens is 429 g/mol. The number of nitrogens with zero attached hydrogens (tertiary/aromatic N) is 2. The molecule has 0 saturated carbocycles. The van der Waals surface area contributed by atoms with Gasteiger partial charge >= 0.3 is 0 Å². The second kappa shape index (κ2) is 8.81. The molecule has 1 aliphatic carbocycles. The molecule has 160 valence electrons. The van der Waals surface area contributed by atoms with E-state index in [1.165, 1.54) is 17.0 Å². The Morgan fingerprint density at radius 3 is 2.56 bits per heavy atom. The molecule has 32 heavy (non-hydrogen) atoms. The van der Waals surface area contributed by atoms with Gasteiger partial charge in [-0.3, -0.25) is 9.59 Å². The Balaban J connectivity index is 1.89. The van der Waals surface area contributed by atoms with Crippen LogP contribution in [0.2, 0.25) is 5.02 Å². The molecule has 0 saturated heterocycles. The number of nitrogens with two attached hydrogens (primary N) is 1. The molecule has 0 aliphatic heterocycles. The third-order valence-corrected chi connectivity index (χ3v) is 5.91. The van der Waals surface area contributed by atoms with E-state index in [2.05, 4.69) is 0 Å². The van der Waals surface area contributed by atoms with Crippen molar-refractivity contribution in [1.82, 2.24) is 4.90 Å². The van der Waals surface area contributed by atoms with Gasteiger partial charge in [0.1, 0.15) is 11.9 Å². The van der Waals surface area contributed by atoms with E-state index in [0.717, 1.165) is 0 Å². The van der Waals surface area contributed by atoms with E-state index >= 15 is 0 Å². The van der Waals surface area contributed by atoms with E-state index in [-0.39, 0.29) is 10.6 Å². The van der Waals surface area contributed by atoms with Crippen molar-refractivity contribution < 1.29 is 14.0 Å². The third-order valence-electron chi connectivity index (χ3n) is 5.69. The van der Waals surface area contributed by atoms with Crippen LogP contribution in [-0.4, -0.2) is 16.7 Å². The van der Waals surface area contributed by atoms with Crippen LogP contribution in [0.1, 0.15) is 51.1 Å². The molecule has 0 bridgehead atoms. The summed E-state index contributed by atoms with van der Waals surface area (Å²) >= 11 is 6.12. The van der Waals surface area contributed by atoms with Crippen molar-refractivity contribution >= 4 is 23.4 Å². The van der Waals surface area contributed by atoms with Gasteiger partial charge in [0, 0.05) is 10.6 Å². The molecule has 0 radical (unpaired) electrons. The van der Waals surface area contributed by atoms with Crippen LogP contribution in [0.15, 0.2) is 66.7 Å². The van der Waals surface area contributed by atoms with Crippen molar-refractivity contribution in [2.75, 3.05) is 0 Å². The lowest BCUT2D eigenvalue weighted by Gasteiger charge is -2.36. The van der Waals surface area contributed by atoms with Gasteiger partial charge in [0.05, 0.1) is 17.7 Å². The van der Waals surface area contributed by atoms with E-state index < -0.39 is 29.7 Å². The van der Waals surface area contributed by atoms with Gasteiger partial charge in [-0.2, -0.15) is 5.26 Å². The number of carbonyl (C=O) groups excluding carboxylic acids is 2. The first-order valence-electron chi connectivity index (χ1n) is 10.1. The molecule has 2 N–H and O–H groups in total. The fraction of sp³-hybridized carbons (Fsp3) is 0.160. The van der Waals surface area contributed by atoms with E-state index in [9.17, 15) is 19.2 Å². The highest BCUT2D eigenvalue weighted by molar-refractivity contribution is 6.30. The van der Waals surface area contributed by atoms with Crippen molar-refractivity contribution in [1.29, 1.82) is 5.26 Å². The second-order valence-corrected chi connectivity index (χ2v) is 8.07. The van der Waals surface area contributed by atoms with Gasteiger partial charge in [0.15, 0.2) is 0 Å². The lowest BCUT2D eigenvalue weighted by Crippen LogP contribution is -2.43. The number of fused-ring (bicyclic) bond motifs is 1. The van der Waals surface area contributed by atoms with Gasteiger partial charge < -0.3 is 10.6 Å². The molecule has 3 aromatic rings. The number of halogens is 2. The number of amides is 2. The molecule has 1 aliphatic rings. The van der Waals surface area contributed by atoms with Gasteiger partial charge in [0.25, 0.3) is 5.91 Å². The summed E-state index contributed by atoms with van der Waals surface area (Å²) in [4.78, 5) is 27.9. The first-order valence-corrected chi connectivity index (χ1v) is 10.4. The summed E-state index contributed by atoms with van der Waals surface area (Å²) < 4.78 is 14.6. The lowest BCUT2D eigenvalue weighted by atomic mass is 9.97. The van der Waals surface area contributed by atoms with E-state index in [0.29, 0.717) is 35.1 Å². The zero-order chi connectivity index (χ0) is 22.8. The Bertz CT molecular complexity index is 1240. The van der Waals surface area contributed by atoms with Gasteiger partial charge in [-0.25, -0.2) is 4.39 Å². The lowest BCUT2D eigenvalue weighted by molar-refractivity contribution is -0.123. The van der Waals surface area contributed by atoms with Crippen LogP contribution in [0.25, 0.3) is 0 Å². The Kier molecular flexibility index (Phi) is 5.93. The second-order valence-electron chi connectivity index (χ2n) is 7.63. The minimum Gasteiger partial charge on any atom is -0.368 e. The molecule has 4 rings (SSSR count). The number of benzene rings is 3. The molecule has 0 aromatic heterocycles. The Morgan fingerprint density at radius 2 is 1.88 bits per heavy atom. The fourth-order valence-corrected chi connectivity index (χ4v) is 4.53. The summed E-state index contributed by atoms with van der Waals surface area (Å²) in [5, 5.41) is 9.47. The molecule has 0 heterocycles. The van der Waals surface area contributed by atoms with Crippen molar-refractivity contribution in [2.45, 2.75) is 24.9 Å². The first kappa shape index (κ1) is 21.5. The number of carbonyl (C=O) groups is 2. The first-order chi connectivity index (χ1) is 15.4. The zero-order valence-corrected chi connectivity index (χ0v) is 17.7. The predicted molar refractivity (Wildman–Crippen MR) is 118 cm³/mol. The summed E-state index contributed by atoms with van der Waals surface area (Å²) in [5.41, 5.74) is 7.93. The number of primary amides is 1. The largest absolute Gasteiger partial charge is 0.368 e. The summed E-state index contributed by atoms with van der Waals surface area (Å²) in [6, 6.07) is 18.2. The van der Waals surface area contributed by atoms with Crippen molar-refractivity contribution in [3.8, 4) is 6.07 Å². The molecule has 5 nitrogen and oxygen atoms in total. The molecule has 7 heteroatoms. The molecule has 2 amide bonds. The fourth-order valence-electron chi connectivity index (χ4n) is 4.32. The SMILES string of the molecule is N#Cc1cccc(C(=O)N(C(C(N)=O)c2ccccc2)[C@@H]2CCc3c(F)cc(Cl)cc32)c1. The van der Waals surface area contributed by atoms with Crippen LogP contribution in [0, 0.1) is 17.1 Å². The minimum absolute atomic E-state index is 0.211. The normalized spacial score (nSPS) is 15.5. The Hall–Kier alpha value is -3.69. The average Bonchev–Trinajstić information content (AvgIpc) is 3.21. The summed E-state index contributed by atoms with van der Waals surface area (Å²) in [7, 11) is 0. The Morgan fingerprint density at radius 1 is 1.12 bits per heavy atom. The molecule has 2 atom stereocenters. The third kappa shape index (κ3) is 3.95. The van der Waals surface area contributed by atoms with Gasteiger partial charge in [-0.05, 0) is 59.9 Å². The topological polar surface area (TPSA) is 87.2 Å². The number of rotatable bonds is 5. The number of hydrogen-bond donors (Lipinski definition) is 1. The quantitative estimate of drug-likeness (QED) is 0.614. The maximum Gasteiger partial charge on any atom is 0.255 e. The smallest absolute Gasteiger partial charge is 0.255 e. The zero-order valence-electron chi connectivity index (χ0n) is 17.0. The highest BCUT2D eigenvalue weighted by Gasteiger charge is 2.40. The van der Waals surface area contributed by atoms with Crippen LogP contribution < -0.4 is 5.73 Å². The standard InChI is InChI=1S/C25H19ClFN3O2/c26-18-12-20-19(21(27)13-18)9-10-22(20)30(23(24(29)31)16-6-2-1-3-7-16)25(32)17-8-4-5-15(11-17)14-28/h1-8,11-13,22-23H,9-10H2,(H2,29,31)/t22-,23?/m1/s1. The average molecular weight is 448 g/mol. The van der Waals surface area contributed by atoms with Crippen LogP contribution in [0.5, 0.6) is 0 Å². The molecule has 0 spiro atoms. The van der Waals surface area contributed by atoms with Crippen LogP contribution in [-0.2, 0) is 11.2 Å². The van der Waals surface area contributed by atoms with Gasteiger partial charge in [0.2, 0.25) is 5.91 Å². The molecule has 1 unspecified atom stereocenters. The molecule has 0 fully saturated rings. The predicted octanol–water partition coefficient (Wildman–Crippen LogP) is 4.71. The van der Waals surface area contributed by atoms with Gasteiger partial charge in [-0.15, -0.1) is 0 Å². The maximum atomic E-state index is 14.6. The summed E-state index contributed by atoms with van der Waals surface area (Å²) in [5.74, 6) is -1.63. The van der Waals surface area contributed by atoms with E-state index in [4.69, 9.17) is 17.3 Å². The minimum atomic E-state index is -1.09. The Labute approximate surface area is 189 Å². The van der Waals surface area contributed by atoms with Crippen molar-refractivity contribution in [3.63, 3.8) is 0 Å². The summed E-state index contributed by atoms with van der Waals surface area (Å²) in [6.07, 6.45) is 0.804. The number of nitriles is 1. The van der Waals surface area contributed by atoms with E-state index in [1.54, 1.807) is 54.6 Å². The van der Waals surface area contributed by atoms with Crippen molar-refractivity contribution in [3.05, 3.63) is 105 Å². The monoisotopic (exact) mass is 447 g/mol. The van der Waals surface area contributed by atoms with Crippen LogP contribution >= 0.6 is 11.6 Å². The number of hydrogen-bond acceptors (Lipinski definition) is 3. The van der Waals surface area contributed by atoms with E-state index in [1.807, 2.05) is 6.07 Å². The molecular formula is C25H19ClFN3O2. The van der Waals surface area contributed by atoms with Crippen LogP contribution in [0.4, 0.5) is 4.39 Å². The maximum absolute atomic E-state index is 14.6. The molecule has 3 aromatic carbocycles. The van der Waals surface area contributed by atoms with Crippen molar-refractivity contribution in [2.24, 2.45) is 5.73 Å². The van der Waals surface area contributed by atoms with Gasteiger partial charge in [-0.1, -0.05) is 48.0 Å². The summed E-state index contributed by atoms with van der Waals surface area (Å²) in [6.45, 7) is 0. The highest BCUT2D eigenvalue weighted by atomic mass is 35.5. The highest BCUT2D eigenvalue weighted by Crippen LogP contribution is 2.43.